The maximum absolute atomic E-state index is 12.4. The predicted molar refractivity (Wildman–Crippen MR) is 112 cm³/mol. The Morgan fingerprint density at radius 2 is 1.00 bits per heavy atom. The molecule has 2 heterocycles. The van der Waals surface area contributed by atoms with Crippen molar-refractivity contribution in [1.29, 1.82) is 0 Å². The number of ether oxygens (including phenoxy) is 2. The van der Waals surface area contributed by atoms with E-state index in [2.05, 4.69) is 27.7 Å². The van der Waals surface area contributed by atoms with E-state index in [-0.39, 0.29) is 36.1 Å². The summed E-state index contributed by atoms with van der Waals surface area (Å²) in [5.74, 6) is -0.799. The molecule has 8 nitrogen and oxygen atoms in total. The fourth-order valence-corrected chi connectivity index (χ4v) is 5.37. The van der Waals surface area contributed by atoms with E-state index >= 15 is 0 Å². The first-order valence-corrected chi connectivity index (χ1v) is 10.7. The van der Waals surface area contributed by atoms with Crippen molar-refractivity contribution in [2.75, 3.05) is 14.2 Å². The lowest BCUT2D eigenvalue weighted by molar-refractivity contribution is -0.230. The monoisotopic (exact) mass is 428 g/mol. The van der Waals surface area contributed by atoms with Crippen LogP contribution in [0.1, 0.15) is 81.1 Å². The van der Waals surface area contributed by atoms with Gasteiger partial charge in [0.2, 0.25) is 0 Å². The van der Waals surface area contributed by atoms with Crippen LogP contribution in [-0.4, -0.2) is 70.6 Å². The minimum atomic E-state index is -0.461. The van der Waals surface area contributed by atoms with Crippen LogP contribution in [0.25, 0.3) is 0 Å². The molecular weight excluding hydrogens is 388 g/mol. The van der Waals surface area contributed by atoms with Crippen LogP contribution >= 0.6 is 0 Å². The molecule has 0 saturated carbocycles. The largest absolute Gasteiger partial charge is 0.460 e. The second kappa shape index (κ2) is 8.37. The summed E-state index contributed by atoms with van der Waals surface area (Å²) < 4.78 is 11.5. The van der Waals surface area contributed by atoms with Crippen LogP contribution in [0.15, 0.2) is 0 Å². The summed E-state index contributed by atoms with van der Waals surface area (Å²) in [5, 5.41) is 3.75. The molecule has 2 aliphatic rings. The van der Waals surface area contributed by atoms with Gasteiger partial charge in [-0.15, -0.1) is 0 Å². The van der Waals surface area contributed by atoms with Crippen molar-refractivity contribution in [1.82, 2.24) is 10.1 Å². The Morgan fingerprint density at radius 1 is 0.700 bits per heavy atom. The van der Waals surface area contributed by atoms with Crippen molar-refractivity contribution in [3.05, 3.63) is 0 Å². The molecule has 0 N–H and O–H groups in total. The fourth-order valence-electron chi connectivity index (χ4n) is 5.37. The van der Waals surface area contributed by atoms with Crippen molar-refractivity contribution in [3.63, 3.8) is 0 Å². The van der Waals surface area contributed by atoms with Crippen molar-refractivity contribution >= 4 is 11.9 Å². The molecule has 0 spiro atoms. The number of carbonyl (C=O) groups excluding carboxylic acids is 2. The molecule has 0 bridgehead atoms. The molecule has 0 aliphatic carbocycles. The highest BCUT2D eigenvalue weighted by Crippen LogP contribution is 2.43. The summed E-state index contributed by atoms with van der Waals surface area (Å²) in [7, 11) is 3.25. The van der Waals surface area contributed by atoms with Crippen LogP contribution in [0.4, 0.5) is 0 Å². The second-order valence-corrected chi connectivity index (χ2v) is 10.8. The van der Waals surface area contributed by atoms with Crippen LogP contribution in [-0.2, 0) is 28.7 Å². The summed E-state index contributed by atoms with van der Waals surface area (Å²) in [6, 6.07) is 0. The van der Waals surface area contributed by atoms with Gasteiger partial charge in [-0.1, -0.05) is 0 Å². The summed E-state index contributed by atoms with van der Waals surface area (Å²) in [5.41, 5.74) is -1.43. The highest BCUT2D eigenvalue weighted by Gasteiger charge is 2.55. The molecule has 2 atom stereocenters. The molecule has 174 valence electrons. The van der Waals surface area contributed by atoms with Gasteiger partial charge in [0.15, 0.2) is 0 Å². The molecule has 0 aromatic carbocycles. The second-order valence-electron chi connectivity index (χ2n) is 10.8. The molecule has 2 fully saturated rings. The Hall–Kier alpha value is -1.22. The maximum atomic E-state index is 12.4. The smallest absolute Gasteiger partial charge is 0.306 e. The van der Waals surface area contributed by atoms with Gasteiger partial charge < -0.3 is 19.1 Å². The third-order valence-corrected chi connectivity index (χ3v) is 6.54. The quantitative estimate of drug-likeness (QED) is 0.572. The first kappa shape index (κ1) is 25.0. The lowest BCUT2D eigenvalue weighted by Crippen LogP contribution is -2.50. The summed E-state index contributed by atoms with van der Waals surface area (Å²) in [6.07, 6.45) is 0.651. The fraction of sp³-hybridized carbons (Fsp3) is 0.909. The van der Waals surface area contributed by atoms with E-state index < -0.39 is 23.0 Å². The van der Waals surface area contributed by atoms with E-state index in [9.17, 15) is 9.59 Å². The zero-order chi connectivity index (χ0) is 23.1. The first-order valence-electron chi connectivity index (χ1n) is 10.7. The summed E-state index contributed by atoms with van der Waals surface area (Å²) in [6.45, 7) is 16.2. The Balaban J connectivity index is 1.89. The van der Waals surface area contributed by atoms with Gasteiger partial charge in [-0.3, -0.25) is 9.59 Å². The molecule has 30 heavy (non-hydrogen) atoms. The van der Waals surface area contributed by atoms with Crippen LogP contribution in [0.5, 0.6) is 0 Å². The molecule has 0 amide bonds. The van der Waals surface area contributed by atoms with Crippen LogP contribution in [0.2, 0.25) is 0 Å². The number of carbonyl (C=O) groups is 2. The number of esters is 2. The average Bonchev–Trinajstić information content (AvgIpc) is 2.86. The molecule has 2 saturated heterocycles. The molecule has 2 rings (SSSR count). The predicted octanol–water partition coefficient (Wildman–Crippen LogP) is 3.24. The number of hydrogen-bond donors (Lipinski definition) is 0. The summed E-state index contributed by atoms with van der Waals surface area (Å²) >= 11 is 0. The van der Waals surface area contributed by atoms with Crippen molar-refractivity contribution in [2.24, 2.45) is 0 Å². The van der Waals surface area contributed by atoms with Gasteiger partial charge in [-0.25, -0.2) is 0 Å². The van der Waals surface area contributed by atoms with Crippen molar-refractivity contribution in [2.45, 2.75) is 115 Å². The van der Waals surface area contributed by atoms with E-state index in [4.69, 9.17) is 19.1 Å². The van der Waals surface area contributed by atoms with Gasteiger partial charge in [-0.05, 0) is 55.4 Å². The number of nitrogens with zero attached hydrogens (tertiary/aromatic N) is 2. The minimum Gasteiger partial charge on any atom is -0.460 e. The van der Waals surface area contributed by atoms with Gasteiger partial charge in [0, 0.05) is 23.9 Å². The van der Waals surface area contributed by atoms with E-state index in [1.54, 1.807) is 14.2 Å². The van der Waals surface area contributed by atoms with Crippen molar-refractivity contribution in [3.8, 4) is 0 Å². The standard InChI is InChI=1S/C22H40N2O6/c1-19(2)13-15(21(5,6)23(19)27-9)29-17(25)11-12-18(26)30-16-14-20(3,4)24(28-10)22(16,7)8/h15-16H,11-14H2,1-10H3. The lowest BCUT2D eigenvalue weighted by Gasteiger charge is -2.38. The van der Waals surface area contributed by atoms with E-state index in [1.165, 1.54) is 0 Å². The molecule has 0 aromatic rings. The normalized spacial score (nSPS) is 29.7. The zero-order valence-corrected chi connectivity index (χ0v) is 20.3. The SMILES string of the molecule is CON1C(C)(C)CC(OC(=O)CCC(=O)OC2CC(C)(C)N(OC)C2(C)C)C1(C)C. The van der Waals surface area contributed by atoms with E-state index in [0.717, 1.165) is 0 Å². The van der Waals surface area contributed by atoms with Crippen LogP contribution in [0.3, 0.4) is 0 Å². The number of hydroxylamine groups is 4. The third kappa shape index (κ3) is 4.66. The number of hydrogen-bond acceptors (Lipinski definition) is 8. The molecule has 0 radical (unpaired) electrons. The van der Waals surface area contributed by atoms with Gasteiger partial charge in [0.25, 0.3) is 0 Å². The zero-order valence-electron chi connectivity index (χ0n) is 20.3. The Labute approximate surface area is 181 Å². The minimum absolute atomic E-state index is 0.0106. The maximum Gasteiger partial charge on any atom is 0.306 e. The van der Waals surface area contributed by atoms with E-state index in [1.807, 2.05) is 37.8 Å². The Bertz CT molecular complexity index is 602. The lowest BCUT2D eigenvalue weighted by atomic mass is 9.97. The molecular formula is C22H40N2O6. The number of rotatable bonds is 7. The van der Waals surface area contributed by atoms with Crippen LogP contribution < -0.4 is 0 Å². The third-order valence-electron chi connectivity index (χ3n) is 6.54. The average molecular weight is 429 g/mol. The van der Waals surface area contributed by atoms with Crippen LogP contribution in [0, 0.1) is 0 Å². The van der Waals surface area contributed by atoms with Gasteiger partial charge in [0.05, 0.1) is 38.1 Å². The van der Waals surface area contributed by atoms with Gasteiger partial charge >= 0.3 is 11.9 Å². The Morgan fingerprint density at radius 3 is 1.23 bits per heavy atom. The molecule has 8 heteroatoms. The highest BCUT2D eigenvalue weighted by molar-refractivity contribution is 5.78. The summed E-state index contributed by atoms with van der Waals surface area (Å²) in [4.78, 5) is 36.0. The topological polar surface area (TPSA) is 77.5 Å². The van der Waals surface area contributed by atoms with Gasteiger partial charge in [-0.2, -0.15) is 10.1 Å². The first-order chi connectivity index (χ1) is 13.6. The highest BCUT2D eigenvalue weighted by atomic mass is 16.7. The van der Waals surface area contributed by atoms with Crippen molar-refractivity contribution < 1.29 is 28.7 Å². The van der Waals surface area contributed by atoms with E-state index in [0.29, 0.717) is 12.8 Å². The molecule has 0 aromatic heterocycles. The molecule has 2 aliphatic heterocycles. The van der Waals surface area contributed by atoms with Gasteiger partial charge in [0.1, 0.15) is 12.2 Å². The molecule has 2 unspecified atom stereocenters. The Kier molecular flexibility index (Phi) is 6.99.